The third-order valence-corrected chi connectivity index (χ3v) is 1.71. The van der Waals surface area contributed by atoms with Gasteiger partial charge in [-0.15, -0.1) is 0 Å². The summed E-state index contributed by atoms with van der Waals surface area (Å²) in [5, 5.41) is 2.82. The smallest absolute Gasteiger partial charge is 0.220 e. The molecule has 72 valence electrons. The maximum absolute atomic E-state index is 11.2. The van der Waals surface area contributed by atoms with E-state index >= 15 is 0 Å². The zero-order chi connectivity index (χ0) is 9.56. The second kappa shape index (κ2) is 6.00. The van der Waals surface area contributed by atoms with Crippen LogP contribution in [0, 0.1) is 5.92 Å². The summed E-state index contributed by atoms with van der Waals surface area (Å²) in [5.74, 6) is 0.700. The summed E-state index contributed by atoms with van der Waals surface area (Å²) in [6.45, 7) is 6.64. The number of carbonyl (C=O) groups excluding carboxylic acids is 1. The summed E-state index contributed by atoms with van der Waals surface area (Å²) in [7, 11) is 0. The average molecular weight is 172 g/mol. The van der Waals surface area contributed by atoms with Crippen molar-refractivity contribution in [2.45, 2.75) is 39.7 Å². The number of hydrogen-bond donors (Lipinski definition) is 2. The van der Waals surface area contributed by atoms with Crippen LogP contribution in [-0.4, -0.2) is 18.5 Å². The maximum Gasteiger partial charge on any atom is 0.220 e. The number of carbonyl (C=O) groups is 1. The number of nitrogens with one attached hydrogen (secondary N) is 1. The van der Waals surface area contributed by atoms with Gasteiger partial charge in [0.1, 0.15) is 0 Å². The molecule has 0 saturated carbocycles. The first-order valence-electron chi connectivity index (χ1n) is 4.55. The Hall–Kier alpha value is -0.570. The van der Waals surface area contributed by atoms with Crippen LogP contribution < -0.4 is 11.1 Å². The lowest BCUT2D eigenvalue weighted by atomic mass is 10.1. The molecule has 0 bridgehead atoms. The Morgan fingerprint density at radius 1 is 1.42 bits per heavy atom. The second-order valence-corrected chi connectivity index (χ2v) is 3.64. The molecule has 0 saturated heterocycles. The zero-order valence-electron chi connectivity index (χ0n) is 8.26. The Balaban J connectivity index is 3.46. The molecule has 0 aliphatic heterocycles. The molecule has 1 unspecified atom stereocenters. The Bertz CT molecular complexity index is 134. The maximum atomic E-state index is 11.2. The van der Waals surface area contributed by atoms with E-state index in [0.29, 0.717) is 18.9 Å². The Labute approximate surface area is 74.7 Å². The van der Waals surface area contributed by atoms with Crippen molar-refractivity contribution >= 4 is 5.91 Å². The first-order chi connectivity index (χ1) is 5.56. The van der Waals surface area contributed by atoms with E-state index in [1.807, 2.05) is 6.92 Å². The topological polar surface area (TPSA) is 55.1 Å². The van der Waals surface area contributed by atoms with Gasteiger partial charge in [0.05, 0.1) is 0 Å². The van der Waals surface area contributed by atoms with Gasteiger partial charge in [0.25, 0.3) is 0 Å². The van der Waals surface area contributed by atoms with Crippen LogP contribution in [0.4, 0.5) is 0 Å². The molecule has 0 aromatic rings. The predicted octanol–water partition coefficient (Wildman–Crippen LogP) is 0.886. The monoisotopic (exact) mass is 172 g/mol. The quantitative estimate of drug-likeness (QED) is 0.647. The fourth-order valence-corrected chi connectivity index (χ4v) is 0.826. The van der Waals surface area contributed by atoms with Crippen molar-refractivity contribution < 1.29 is 4.79 Å². The highest BCUT2D eigenvalue weighted by Gasteiger charge is 2.05. The van der Waals surface area contributed by atoms with Crippen molar-refractivity contribution in [1.29, 1.82) is 0 Å². The lowest BCUT2D eigenvalue weighted by Gasteiger charge is -2.11. The van der Waals surface area contributed by atoms with Crippen LogP contribution in [0.3, 0.4) is 0 Å². The van der Waals surface area contributed by atoms with Crippen LogP contribution in [0.25, 0.3) is 0 Å². The van der Waals surface area contributed by atoms with E-state index in [2.05, 4.69) is 19.2 Å². The Morgan fingerprint density at radius 3 is 2.42 bits per heavy atom. The van der Waals surface area contributed by atoms with E-state index in [4.69, 9.17) is 5.73 Å². The van der Waals surface area contributed by atoms with Crippen molar-refractivity contribution in [3.05, 3.63) is 0 Å². The van der Waals surface area contributed by atoms with Gasteiger partial charge in [-0.25, -0.2) is 0 Å². The molecule has 3 nitrogen and oxygen atoms in total. The average Bonchev–Trinajstić information content (AvgIpc) is 2.00. The van der Waals surface area contributed by atoms with Gasteiger partial charge in [-0.2, -0.15) is 0 Å². The molecular formula is C9H20N2O. The summed E-state index contributed by atoms with van der Waals surface area (Å²) >= 11 is 0. The van der Waals surface area contributed by atoms with Crippen molar-refractivity contribution in [2.75, 3.05) is 6.54 Å². The summed E-state index contributed by atoms with van der Waals surface area (Å²) < 4.78 is 0. The van der Waals surface area contributed by atoms with Crippen LogP contribution >= 0.6 is 0 Å². The molecular weight excluding hydrogens is 152 g/mol. The third kappa shape index (κ3) is 6.16. The van der Waals surface area contributed by atoms with E-state index in [9.17, 15) is 4.79 Å². The first-order valence-corrected chi connectivity index (χ1v) is 4.55. The van der Waals surface area contributed by atoms with Gasteiger partial charge in [0, 0.05) is 19.0 Å². The fraction of sp³-hybridized carbons (Fsp3) is 0.889. The molecule has 3 N–H and O–H groups in total. The predicted molar refractivity (Wildman–Crippen MR) is 50.7 cm³/mol. The van der Waals surface area contributed by atoms with Gasteiger partial charge >= 0.3 is 0 Å². The third-order valence-electron chi connectivity index (χ3n) is 1.71. The lowest BCUT2D eigenvalue weighted by Crippen LogP contribution is -2.37. The van der Waals surface area contributed by atoms with E-state index in [0.717, 1.165) is 6.42 Å². The molecule has 0 spiro atoms. The van der Waals surface area contributed by atoms with Gasteiger partial charge in [0.15, 0.2) is 0 Å². The van der Waals surface area contributed by atoms with E-state index in [1.54, 1.807) is 0 Å². The van der Waals surface area contributed by atoms with Gasteiger partial charge in [-0.1, -0.05) is 13.8 Å². The highest BCUT2D eigenvalue weighted by atomic mass is 16.1. The first kappa shape index (κ1) is 11.4. The summed E-state index contributed by atoms with van der Waals surface area (Å²) in [5.41, 5.74) is 5.36. The van der Waals surface area contributed by atoms with E-state index < -0.39 is 0 Å². The highest BCUT2D eigenvalue weighted by Crippen LogP contribution is 2.02. The van der Waals surface area contributed by atoms with E-state index in [-0.39, 0.29) is 11.9 Å². The largest absolute Gasteiger partial charge is 0.352 e. The van der Waals surface area contributed by atoms with Crippen molar-refractivity contribution in [3.8, 4) is 0 Å². The molecule has 1 amide bonds. The molecule has 0 aromatic heterocycles. The molecule has 0 heterocycles. The summed E-state index contributed by atoms with van der Waals surface area (Å²) in [6, 6.07) is 0.102. The highest BCUT2D eigenvalue weighted by molar-refractivity contribution is 5.76. The Morgan fingerprint density at radius 2 is 2.00 bits per heavy atom. The standard InChI is InChI=1S/C9H20N2O/c1-7(2)4-5-9(12)11-8(3)6-10/h7-8H,4-6,10H2,1-3H3,(H,11,12). The van der Waals surface area contributed by atoms with Crippen molar-refractivity contribution in [3.63, 3.8) is 0 Å². The van der Waals surface area contributed by atoms with Crippen LogP contribution in [0.5, 0.6) is 0 Å². The zero-order valence-corrected chi connectivity index (χ0v) is 8.26. The summed E-state index contributed by atoms with van der Waals surface area (Å²) in [6.07, 6.45) is 1.56. The molecule has 0 fully saturated rings. The molecule has 0 radical (unpaired) electrons. The van der Waals surface area contributed by atoms with Crippen molar-refractivity contribution in [2.24, 2.45) is 11.7 Å². The van der Waals surface area contributed by atoms with Crippen LogP contribution in [0.15, 0.2) is 0 Å². The van der Waals surface area contributed by atoms with Crippen LogP contribution in [0.1, 0.15) is 33.6 Å². The normalized spacial score (nSPS) is 13.1. The van der Waals surface area contributed by atoms with E-state index in [1.165, 1.54) is 0 Å². The van der Waals surface area contributed by atoms with Gasteiger partial charge < -0.3 is 11.1 Å². The lowest BCUT2D eigenvalue weighted by molar-refractivity contribution is -0.121. The molecule has 0 aliphatic rings. The van der Waals surface area contributed by atoms with Crippen LogP contribution in [-0.2, 0) is 4.79 Å². The van der Waals surface area contributed by atoms with Crippen molar-refractivity contribution in [1.82, 2.24) is 5.32 Å². The molecule has 1 atom stereocenters. The number of nitrogens with two attached hydrogens (primary N) is 1. The number of amides is 1. The minimum atomic E-state index is 0.102. The SMILES string of the molecule is CC(C)CCC(=O)NC(C)CN. The minimum Gasteiger partial charge on any atom is -0.352 e. The van der Waals surface area contributed by atoms with Gasteiger partial charge in [0.2, 0.25) is 5.91 Å². The molecule has 0 aromatic carbocycles. The van der Waals surface area contributed by atoms with Gasteiger partial charge in [-0.3, -0.25) is 4.79 Å². The fourth-order valence-electron chi connectivity index (χ4n) is 0.826. The molecule has 0 aliphatic carbocycles. The molecule has 0 rings (SSSR count). The second-order valence-electron chi connectivity index (χ2n) is 3.64. The van der Waals surface area contributed by atoms with Gasteiger partial charge in [-0.05, 0) is 19.3 Å². The number of hydrogen-bond acceptors (Lipinski definition) is 2. The molecule has 3 heteroatoms. The molecule has 12 heavy (non-hydrogen) atoms. The minimum absolute atomic E-state index is 0.102. The summed E-state index contributed by atoms with van der Waals surface area (Å²) in [4.78, 5) is 11.2. The Kier molecular flexibility index (Phi) is 5.72. The number of rotatable bonds is 5. The van der Waals surface area contributed by atoms with Crippen LogP contribution in [0.2, 0.25) is 0 Å².